The summed E-state index contributed by atoms with van der Waals surface area (Å²) in [5, 5.41) is 20.2. The molecule has 1 saturated carbocycles. The summed E-state index contributed by atoms with van der Waals surface area (Å²) in [6.45, 7) is 7.95. The Balaban J connectivity index is 2.05. The molecule has 4 N–H and O–H groups in total. The highest BCUT2D eigenvalue weighted by atomic mass is 16.6. The SMILES string of the molecule is CC1(C)CC(=O)/C(=C(/O)CCOCCOCCOCCOCCN)C(O)C1. The monoisotopic (exact) mass is 389 g/mol. The first kappa shape index (κ1) is 24.0. The van der Waals surface area contributed by atoms with Crippen molar-refractivity contribution in [2.45, 2.75) is 39.2 Å². The first-order valence-electron chi connectivity index (χ1n) is 9.51. The van der Waals surface area contributed by atoms with E-state index < -0.39 is 6.10 Å². The number of aliphatic hydroxyl groups is 2. The molecule has 0 heterocycles. The van der Waals surface area contributed by atoms with Gasteiger partial charge in [-0.05, 0) is 11.8 Å². The maximum Gasteiger partial charge on any atom is 0.165 e. The molecule has 0 radical (unpaired) electrons. The van der Waals surface area contributed by atoms with E-state index in [0.29, 0.717) is 65.6 Å². The lowest BCUT2D eigenvalue weighted by molar-refractivity contribution is -0.121. The molecule has 1 aliphatic rings. The van der Waals surface area contributed by atoms with Gasteiger partial charge in [0, 0.05) is 19.4 Å². The molecular weight excluding hydrogens is 354 g/mol. The topological polar surface area (TPSA) is 120 Å². The Hall–Kier alpha value is -1.03. The van der Waals surface area contributed by atoms with Crippen molar-refractivity contribution in [2.24, 2.45) is 11.1 Å². The molecule has 8 heteroatoms. The van der Waals surface area contributed by atoms with Crippen molar-refractivity contribution in [3.63, 3.8) is 0 Å². The molecule has 0 spiro atoms. The molecular formula is C19H35NO7. The van der Waals surface area contributed by atoms with E-state index in [2.05, 4.69) is 0 Å². The lowest BCUT2D eigenvalue weighted by Crippen LogP contribution is -2.35. The van der Waals surface area contributed by atoms with Gasteiger partial charge in [-0.1, -0.05) is 13.8 Å². The van der Waals surface area contributed by atoms with Gasteiger partial charge in [0.05, 0.1) is 64.5 Å². The second-order valence-electron chi connectivity index (χ2n) is 7.33. The number of carbonyl (C=O) groups is 1. The van der Waals surface area contributed by atoms with Gasteiger partial charge in [-0.15, -0.1) is 0 Å². The van der Waals surface area contributed by atoms with Crippen LogP contribution in [0.5, 0.6) is 0 Å². The molecule has 0 aliphatic heterocycles. The Morgan fingerprint density at radius 2 is 1.48 bits per heavy atom. The van der Waals surface area contributed by atoms with E-state index in [1.54, 1.807) is 0 Å². The van der Waals surface area contributed by atoms with E-state index >= 15 is 0 Å². The van der Waals surface area contributed by atoms with Crippen LogP contribution in [0.15, 0.2) is 11.3 Å². The summed E-state index contributed by atoms with van der Waals surface area (Å²) in [6.07, 6.45) is 0.0861. The van der Waals surface area contributed by atoms with Crippen LogP contribution in [-0.2, 0) is 23.7 Å². The minimum atomic E-state index is -0.912. The van der Waals surface area contributed by atoms with Gasteiger partial charge in [-0.3, -0.25) is 4.79 Å². The van der Waals surface area contributed by atoms with Crippen LogP contribution in [0.2, 0.25) is 0 Å². The number of aliphatic hydroxyl groups excluding tert-OH is 2. The molecule has 1 fully saturated rings. The van der Waals surface area contributed by atoms with E-state index in [1.807, 2.05) is 13.8 Å². The third-order valence-electron chi connectivity index (χ3n) is 4.19. The van der Waals surface area contributed by atoms with Crippen LogP contribution >= 0.6 is 0 Å². The van der Waals surface area contributed by atoms with E-state index in [-0.39, 0.29) is 35.6 Å². The summed E-state index contributed by atoms with van der Waals surface area (Å²) in [5.74, 6) is -0.262. The molecule has 0 aromatic carbocycles. The maximum absolute atomic E-state index is 12.1. The summed E-state index contributed by atoms with van der Waals surface area (Å²) in [4.78, 5) is 12.1. The van der Waals surface area contributed by atoms with Crippen molar-refractivity contribution in [3.05, 3.63) is 11.3 Å². The molecule has 0 saturated heterocycles. The Morgan fingerprint density at radius 1 is 1.00 bits per heavy atom. The van der Waals surface area contributed by atoms with E-state index in [1.165, 1.54) is 0 Å². The number of carbonyl (C=O) groups excluding carboxylic acids is 1. The minimum Gasteiger partial charge on any atom is -0.512 e. The Morgan fingerprint density at radius 3 is 1.96 bits per heavy atom. The highest BCUT2D eigenvalue weighted by molar-refractivity contribution is 5.98. The fraction of sp³-hybridized carbons (Fsp3) is 0.842. The summed E-state index contributed by atoms with van der Waals surface area (Å²) in [7, 11) is 0. The summed E-state index contributed by atoms with van der Waals surface area (Å²) in [5.41, 5.74) is 5.19. The van der Waals surface area contributed by atoms with Gasteiger partial charge < -0.3 is 34.9 Å². The number of rotatable bonds is 14. The number of nitrogens with two attached hydrogens (primary N) is 1. The number of hydrogen-bond donors (Lipinski definition) is 3. The fourth-order valence-corrected chi connectivity index (χ4v) is 2.92. The lowest BCUT2D eigenvalue weighted by atomic mass is 9.73. The van der Waals surface area contributed by atoms with Crippen molar-refractivity contribution < 1.29 is 34.0 Å². The molecule has 0 amide bonds. The molecule has 1 rings (SSSR count). The third kappa shape index (κ3) is 10.2. The molecule has 0 aromatic heterocycles. The molecule has 8 nitrogen and oxygen atoms in total. The fourth-order valence-electron chi connectivity index (χ4n) is 2.92. The summed E-state index contributed by atoms with van der Waals surface area (Å²) in [6, 6.07) is 0. The Labute approximate surface area is 161 Å². The average molecular weight is 389 g/mol. The molecule has 1 unspecified atom stereocenters. The number of Topliss-reactive ketones (excluding diaryl/α,β-unsaturated/α-hetero) is 1. The van der Waals surface area contributed by atoms with Crippen LogP contribution in [0.1, 0.15) is 33.1 Å². The zero-order valence-electron chi connectivity index (χ0n) is 16.6. The highest BCUT2D eigenvalue weighted by Gasteiger charge is 2.37. The lowest BCUT2D eigenvalue weighted by Gasteiger charge is -2.33. The normalized spacial score (nSPS) is 21.5. The number of hydrogen-bond acceptors (Lipinski definition) is 8. The maximum atomic E-state index is 12.1. The summed E-state index contributed by atoms with van der Waals surface area (Å²) >= 11 is 0. The summed E-state index contributed by atoms with van der Waals surface area (Å²) < 4.78 is 21.2. The number of ketones is 1. The van der Waals surface area contributed by atoms with Gasteiger partial charge in [0.2, 0.25) is 0 Å². The van der Waals surface area contributed by atoms with Crippen LogP contribution in [0.4, 0.5) is 0 Å². The highest BCUT2D eigenvalue weighted by Crippen LogP contribution is 2.37. The quantitative estimate of drug-likeness (QED) is 0.228. The van der Waals surface area contributed by atoms with Crippen molar-refractivity contribution in [2.75, 3.05) is 59.4 Å². The smallest absolute Gasteiger partial charge is 0.165 e. The predicted octanol–water partition coefficient (Wildman–Crippen LogP) is 0.964. The molecule has 27 heavy (non-hydrogen) atoms. The molecule has 1 aliphatic carbocycles. The zero-order valence-corrected chi connectivity index (χ0v) is 16.6. The van der Waals surface area contributed by atoms with Crippen LogP contribution < -0.4 is 5.73 Å². The first-order valence-corrected chi connectivity index (χ1v) is 9.51. The van der Waals surface area contributed by atoms with Crippen LogP contribution in [-0.4, -0.2) is 81.5 Å². The van der Waals surface area contributed by atoms with Crippen molar-refractivity contribution >= 4 is 5.78 Å². The largest absolute Gasteiger partial charge is 0.512 e. The first-order chi connectivity index (χ1) is 12.9. The van der Waals surface area contributed by atoms with Gasteiger partial charge in [-0.25, -0.2) is 0 Å². The standard InChI is InChI=1S/C19H35NO7/c1-19(2)13-16(22)18(17(23)14-19)15(21)3-5-24-7-9-26-11-12-27-10-8-25-6-4-20/h16,21-22H,3-14,20H2,1-2H3/b18-15+. The second-order valence-corrected chi connectivity index (χ2v) is 7.33. The van der Waals surface area contributed by atoms with E-state index in [4.69, 9.17) is 24.7 Å². The van der Waals surface area contributed by atoms with Gasteiger partial charge in [-0.2, -0.15) is 0 Å². The number of ether oxygens (including phenoxy) is 4. The molecule has 158 valence electrons. The Kier molecular flexibility index (Phi) is 11.7. The molecule has 1 atom stereocenters. The van der Waals surface area contributed by atoms with E-state index in [0.717, 1.165) is 0 Å². The minimum absolute atomic E-state index is 0.0748. The van der Waals surface area contributed by atoms with Gasteiger partial charge in [0.1, 0.15) is 5.76 Å². The molecule has 0 bridgehead atoms. The van der Waals surface area contributed by atoms with Crippen LogP contribution in [0, 0.1) is 5.41 Å². The average Bonchev–Trinajstić information content (AvgIpc) is 2.57. The second kappa shape index (κ2) is 13.2. The Bertz CT molecular complexity index is 465. The van der Waals surface area contributed by atoms with Crippen molar-refractivity contribution in [3.8, 4) is 0 Å². The van der Waals surface area contributed by atoms with Crippen molar-refractivity contribution in [1.29, 1.82) is 0 Å². The molecule has 0 aromatic rings. The van der Waals surface area contributed by atoms with Crippen molar-refractivity contribution in [1.82, 2.24) is 0 Å². The third-order valence-corrected chi connectivity index (χ3v) is 4.19. The predicted molar refractivity (Wildman–Crippen MR) is 101 cm³/mol. The van der Waals surface area contributed by atoms with E-state index in [9.17, 15) is 15.0 Å². The van der Waals surface area contributed by atoms with Crippen LogP contribution in [0.25, 0.3) is 0 Å². The van der Waals surface area contributed by atoms with Gasteiger partial charge >= 0.3 is 0 Å². The van der Waals surface area contributed by atoms with Gasteiger partial charge in [0.15, 0.2) is 5.78 Å². The van der Waals surface area contributed by atoms with Crippen LogP contribution in [0.3, 0.4) is 0 Å². The van der Waals surface area contributed by atoms with Gasteiger partial charge in [0.25, 0.3) is 0 Å². The zero-order chi connectivity index (χ0) is 20.1.